The molecular formula is C15H16N4O5. The number of aliphatic carboxylic acids is 1. The lowest BCUT2D eigenvalue weighted by Gasteiger charge is -2.18. The van der Waals surface area contributed by atoms with Crippen molar-refractivity contribution >= 4 is 17.6 Å². The Labute approximate surface area is 137 Å². The summed E-state index contributed by atoms with van der Waals surface area (Å²) in [4.78, 5) is 34.9. The van der Waals surface area contributed by atoms with Gasteiger partial charge >= 0.3 is 5.97 Å². The fourth-order valence-corrected chi connectivity index (χ4v) is 2.15. The van der Waals surface area contributed by atoms with E-state index in [-0.39, 0.29) is 23.6 Å². The number of amides is 1. The summed E-state index contributed by atoms with van der Waals surface area (Å²) in [7, 11) is 1.48. The normalized spacial score (nSPS) is 11.8. The topological polar surface area (TPSA) is 119 Å². The number of para-hydroxylation sites is 2. The van der Waals surface area contributed by atoms with E-state index >= 15 is 0 Å². The van der Waals surface area contributed by atoms with Gasteiger partial charge in [-0.15, -0.1) is 0 Å². The van der Waals surface area contributed by atoms with Crippen LogP contribution in [0, 0.1) is 16.0 Å². The summed E-state index contributed by atoms with van der Waals surface area (Å²) in [6.07, 6.45) is 1.45. The first-order valence-electron chi connectivity index (χ1n) is 7.09. The predicted molar refractivity (Wildman–Crippen MR) is 84.0 cm³/mol. The minimum atomic E-state index is -1.000. The van der Waals surface area contributed by atoms with Crippen LogP contribution in [0.3, 0.4) is 0 Å². The Bertz CT molecular complexity index is 786. The molecule has 1 aromatic heterocycles. The van der Waals surface area contributed by atoms with Gasteiger partial charge in [0.2, 0.25) is 0 Å². The molecule has 0 bridgehead atoms. The number of carbonyl (C=O) groups is 2. The third kappa shape index (κ3) is 3.57. The number of nitro benzene ring substituents is 1. The average molecular weight is 332 g/mol. The zero-order valence-electron chi connectivity index (χ0n) is 13.1. The Balaban J connectivity index is 2.23. The van der Waals surface area contributed by atoms with Crippen LogP contribution in [0.25, 0.3) is 5.69 Å². The number of nitro groups is 1. The second-order valence-corrected chi connectivity index (χ2v) is 5.32. The van der Waals surface area contributed by atoms with Gasteiger partial charge in [-0.1, -0.05) is 19.1 Å². The largest absolute Gasteiger partial charge is 0.481 e. The summed E-state index contributed by atoms with van der Waals surface area (Å²) in [5.74, 6) is -2.17. The smallest absolute Gasteiger partial charge is 0.308 e. The van der Waals surface area contributed by atoms with Gasteiger partial charge in [-0.05, 0) is 12.1 Å². The van der Waals surface area contributed by atoms with Crippen molar-refractivity contribution in [2.75, 3.05) is 13.6 Å². The second kappa shape index (κ2) is 6.90. The maximum Gasteiger partial charge on any atom is 0.308 e. The summed E-state index contributed by atoms with van der Waals surface area (Å²) >= 11 is 0. The van der Waals surface area contributed by atoms with Gasteiger partial charge < -0.3 is 10.0 Å². The van der Waals surface area contributed by atoms with Crippen LogP contribution in [0.5, 0.6) is 0 Å². The number of carboxylic acids is 1. The van der Waals surface area contributed by atoms with E-state index in [9.17, 15) is 19.7 Å². The lowest BCUT2D eigenvalue weighted by atomic mass is 10.2. The Kier molecular flexibility index (Phi) is 4.93. The van der Waals surface area contributed by atoms with E-state index in [4.69, 9.17) is 5.11 Å². The zero-order valence-corrected chi connectivity index (χ0v) is 13.1. The van der Waals surface area contributed by atoms with Gasteiger partial charge in [-0.2, -0.15) is 5.10 Å². The van der Waals surface area contributed by atoms with Gasteiger partial charge in [0, 0.05) is 25.9 Å². The number of benzene rings is 1. The fraction of sp³-hybridized carbons (Fsp3) is 0.267. The maximum atomic E-state index is 12.3. The van der Waals surface area contributed by atoms with E-state index in [0.717, 1.165) is 0 Å². The first-order valence-corrected chi connectivity index (χ1v) is 7.09. The maximum absolute atomic E-state index is 12.3. The third-order valence-corrected chi connectivity index (χ3v) is 3.45. The van der Waals surface area contributed by atoms with E-state index < -0.39 is 22.7 Å². The van der Waals surface area contributed by atoms with Crippen LogP contribution in [0.1, 0.15) is 17.4 Å². The van der Waals surface area contributed by atoms with E-state index in [2.05, 4.69) is 5.10 Å². The molecule has 1 unspecified atom stereocenters. The Morgan fingerprint density at radius 1 is 1.38 bits per heavy atom. The molecule has 0 spiro atoms. The van der Waals surface area contributed by atoms with Crippen LogP contribution in [0.4, 0.5) is 5.69 Å². The van der Waals surface area contributed by atoms with Gasteiger partial charge in [0.1, 0.15) is 5.69 Å². The predicted octanol–water partition coefficient (Wildman–Crippen LogP) is 1.57. The molecule has 9 heteroatoms. The molecule has 126 valence electrons. The van der Waals surface area contributed by atoms with Crippen molar-refractivity contribution in [3.63, 3.8) is 0 Å². The second-order valence-electron chi connectivity index (χ2n) is 5.32. The summed E-state index contributed by atoms with van der Waals surface area (Å²) in [6, 6.07) is 7.47. The molecule has 1 atom stereocenters. The van der Waals surface area contributed by atoms with Gasteiger partial charge in [0.15, 0.2) is 5.69 Å². The first kappa shape index (κ1) is 17.1. The van der Waals surface area contributed by atoms with Crippen LogP contribution in [-0.2, 0) is 4.79 Å². The van der Waals surface area contributed by atoms with Gasteiger partial charge in [-0.25, -0.2) is 4.68 Å². The Morgan fingerprint density at radius 3 is 2.67 bits per heavy atom. The third-order valence-electron chi connectivity index (χ3n) is 3.45. The average Bonchev–Trinajstić information content (AvgIpc) is 3.03. The van der Waals surface area contributed by atoms with E-state index in [1.807, 2.05) is 0 Å². The van der Waals surface area contributed by atoms with Crippen molar-refractivity contribution in [1.29, 1.82) is 0 Å². The zero-order chi connectivity index (χ0) is 17.9. The first-order chi connectivity index (χ1) is 11.3. The van der Waals surface area contributed by atoms with E-state index in [0.29, 0.717) is 0 Å². The standard InChI is InChI=1S/C15H16N4O5/c1-10(15(21)22)9-17(2)14(20)11-7-8-18(16-11)12-5-3-4-6-13(12)19(23)24/h3-8,10H,9H2,1-2H3,(H,21,22). The molecule has 1 heterocycles. The molecule has 1 amide bonds. The molecule has 2 aromatic rings. The molecule has 0 saturated heterocycles. The summed E-state index contributed by atoms with van der Waals surface area (Å²) < 4.78 is 1.25. The van der Waals surface area contributed by atoms with Crippen LogP contribution in [0.15, 0.2) is 36.5 Å². The van der Waals surface area contributed by atoms with E-state index in [1.165, 1.54) is 54.0 Å². The number of carboxylic acid groups (broad SMARTS) is 1. The SMILES string of the molecule is CC(CN(C)C(=O)c1ccn(-c2ccccc2[N+](=O)[O-])n1)C(=O)O. The quantitative estimate of drug-likeness (QED) is 0.633. The highest BCUT2D eigenvalue weighted by atomic mass is 16.6. The summed E-state index contributed by atoms with van der Waals surface area (Å²) in [5.41, 5.74) is 0.184. The number of rotatable bonds is 6. The number of hydrogen-bond donors (Lipinski definition) is 1. The molecule has 24 heavy (non-hydrogen) atoms. The summed E-state index contributed by atoms with van der Waals surface area (Å²) in [5, 5.41) is 24.0. The lowest BCUT2D eigenvalue weighted by molar-refractivity contribution is -0.384. The van der Waals surface area contributed by atoms with Crippen molar-refractivity contribution < 1.29 is 19.6 Å². The fourth-order valence-electron chi connectivity index (χ4n) is 2.15. The van der Waals surface area contributed by atoms with Crippen LogP contribution < -0.4 is 0 Å². The highest BCUT2D eigenvalue weighted by Gasteiger charge is 2.21. The highest BCUT2D eigenvalue weighted by Crippen LogP contribution is 2.21. The molecule has 1 aromatic carbocycles. The Morgan fingerprint density at radius 2 is 2.04 bits per heavy atom. The Hall–Kier alpha value is -3.23. The van der Waals surface area contributed by atoms with Crippen molar-refractivity contribution in [3.05, 3.63) is 52.3 Å². The summed E-state index contributed by atoms with van der Waals surface area (Å²) in [6.45, 7) is 1.53. The van der Waals surface area contributed by atoms with Gasteiger partial charge in [0.25, 0.3) is 11.6 Å². The monoisotopic (exact) mass is 332 g/mol. The number of nitrogens with zero attached hydrogens (tertiary/aromatic N) is 4. The van der Waals surface area contributed by atoms with Crippen molar-refractivity contribution in [2.24, 2.45) is 5.92 Å². The minimum Gasteiger partial charge on any atom is -0.481 e. The number of carbonyl (C=O) groups excluding carboxylic acids is 1. The molecule has 1 N–H and O–H groups in total. The van der Waals surface area contributed by atoms with E-state index in [1.54, 1.807) is 6.07 Å². The molecule has 0 saturated carbocycles. The lowest BCUT2D eigenvalue weighted by Crippen LogP contribution is -2.34. The van der Waals surface area contributed by atoms with Crippen molar-refractivity contribution in [2.45, 2.75) is 6.92 Å². The molecule has 0 aliphatic rings. The molecule has 0 aliphatic carbocycles. The molecule has 0 fully saturated rings. The van der Waals surface area contributed by atoms with Crippen LogP contribution in [-0.4, -0.2) is 50.2 Å². The van der Waals surface area contributed by atoms with Crippen molar-refractivity contribution in [1.82, 2.24) is 14.7 Å². The molecular weight excluding hydrogens is 316 g/mol. The number of hydrogen-bond acceptors (Lipinski definition) is 5. The highest BCUT2D eigenvalue weighted by molar-refractivity contribution is 5.92. The van der Waals surface area contributed by atoms with Crippen LogP contribution >= 0.6 is 0 Å². The minimum absolute atomic E-state index is 0.0342. The molecule has 2 rings (SSSR count). The molecule has 9 nitrogen and oxygen atoms in total. The van der Waals surface area contributed by atoms with Crippen molar-refractivity contribution in [3.8, 4) is 5.69 Å². The van der Waals surface area contributed by atoms with Gasteiger partial charge in [0.05, 0.1) is 10.8 Å². The number of aromatic nitrogens is 2. The van der Waals surface area contributed by atoms with Gasteiger partial charge in [-0.3, -0.25) is 19.7 Å². The van der Waals surface area contributed by atoms with Crippen LogP contribution in [0.2, 0.25) is 0 Å². The molecule has 0 radical (unpaired) electrons. The molecule has 0 aliphatic heterocycles.